The highest BCUT2D eigenvalue weighted by Crippen LogP contribution is 2.35. The lowest BCUT2D eigenvalue weighted by molar-refractivity contribution is 0.276. The van der Waals surface area contributed by atoms with Crippen molar-refractivity contribution in [2.45, 2.75) is 51.1 Å². The van der Waals surface area contributed by atoms with E-state index in [-0.39, 0.29) is 0 Å². The Morgan fingerprint density at radius 3 is 2.74 bits per heavy atom. The number of anilines is 1. The lowest BCUT2D eigenvalue weighted by atomic mass is 9.92. The van der Waals surface area contributed by atoms with Crippen LogP contribution in [0.4, 0.5) is 5.69 Å². The van der Waals surface area contributed by atoms with Crippen LogP contribution in [0.2, 0.25) is 0 Å². The number of benzene rings is 1. The van der Waals surface area contributed by atoms with Crippen LogP contribution < -0.4 is 10.2 Å². The van der Waals surface area contributed by atoms with Crippen molar-refractivity contribution in [3.05, 3.63) is 28.2 Å². The maximum absolute atomic E-state index is 3.82. The Bertz CT molecular complexity index is 466. The Labute approximate surface area is 124 Å². The molecule has 1 saturated heterocycles. The van der Waals surface area contributed by atoms with Gasteiger partial charge in [-0.15, -0.1) is 0 Å². The van der Waals surface area contributed by atoms with Gasteiger partial charge in [-0.1, -0.05) is 34.8 Å². The van der Waals surface area contributed by atoms with Gasteiger partial charge in [0.05, 0.1) is 0 Å². The van der Waals surface area contributed by atoms with Gasteiger partial charge in [-0.05, 0) is 44.4 Å². The molecule has 0 aromatic heterocycles. The number of aryl methyl sites for hydroxylation is 1. The molecule has 1 aliphatic carbocycles. The number of hydrogen-bond acceptors (Lipinski definition) is 2. The zero-order valence-corrected chi connectivity index (χ0v) is 13.5. The summed E-state index contributed by atoms with van der Waals surface area (Å²) in [6.07, 6.45) is 5.44. The molecule has 0 radical (unpaired) electrons. The first kappa shape index (κ1) is 13.4. The van der Waals surface area contributed by atoms with E-state index in [2.05, 4.69) is 58.2 Å². The molecule has 2 aliphatic rings. The summed E-state index contributed by atoms with van der Waals surface area (Å²) in [4.78, 5) is 2.59. The third kappa shape index (κ3) is 2.55. The van der Waals surface area contributed by atoms with Crippen LogP contribution in [0.1, 0.15) is 38.2 Å². The summed E-state index contributed by atoms with van der Waals surface area (Å²) in [6, 6.07) is 7.33. The molecule has 1 N–H and O–H groups in total. The molecular weight excluding hydrogens is 300 g/mol. The van der Waals surface area contributed by atoms with E-state index >= 15 is 0 Å². The van der Waals surface area contributed by atoms with E-state index < -0.39 is 0 Å². The predicted octanol–water partition coefficient (Wildman–Crippen LogP) is 3.87. The molecule has 1 aromatic carbocycles. The van der Waals surface area contributed by atoms with Crippen LogP contribution in [-0.2, 0) is 0 Å². The van der Waals surface area contributed by atoms with Gasteiger partial charge in [0.2, 0.25) is 0 Å². The molecule has 1 heterocycles. The monoisotopic (exact) mass is 322 g/mol. The topological polar surface area (TPSA) is 15.3 Å². The van der Waals surface area contributed by atoms with Crippen LogP contribution in [0.25, 0.3) is 0 Å². The Kier molecular flexibility index (Phi) is 3.61. The van der Waals surface area contributed by atoms with E-state index in [4.69, 9.17) is 0 Å². The highest BCUT2D eigenvalue weighted by atomic mass is 79.9. The van der Waals surface area contributed by atoms with Gasteiger partial charge in [-0.2, -0.15) is 0 Å². The summed E-state index contributed by atoms with van der Waals surface area (Å²) in [7, 11) is 0. The zero-order valence-electron chi connectivity index (χ0n) is 11.9. The Morgan fingerprint density at radius 2 is 2.05 bits per heavy atom. The molecular formula is C16H23BrN2. The maximum atomic E-state index is 3.82. The minimum absolute atomic E-state index is 0.379. The molecule has 1 spiro atoms. The summed E-state index contributed by atoms with van der Waals surface area (Å²) < 4.78 is 1.22. The average Bonchev–Trinajstić information content (AvgIpc) is 2.85. The van der Waals surface area contributed by atoms with E-state index in [1.807, 2.05) is 0 Å². The largest absolute Gasteiger partial charge is 0.366 e. The highest BCUT2D eigenvalue weighted by Gasteiger charge is 2.39. The van der Waals surface area contributed by atoms with Gasteiger partial charge in [-0.25, -0.2) is 0 Å². The standard InChI is InChI=1S/C16H23BrN2/c1-12-5-6-14(9-15(12)17)19-11-16(7-3-4-8-16)18-10-13(19)2/h5-6,9,13,18H,3-4,7-8,10-11H2,1-2H3. The minimum Gasteiger partial charge on any atom is -0.366 e. The van der Waals surface area contributed by atoms with E-state index in [0.29, 0.717) is 11.6 Å². The molecule has 0 amide bonds. The van der Waals surface area contributed by atoms with Crippen LogP contribution in [0.3, 0.4) is 0 Å². The summed E-state index contributed by atoms with van der Waals surface area (Å²) in [5.41, 5.74) is 3.05. The van der Waals surface area contributed by atoms with Crippen molar-refractivity contribution in [3.8, 4) is 0 Å². The average molecular weight is 323 g/mol. The first-order valence-electron chi connectivity index (χ1n) is 7.37. The van der Waals surface area contributed by atoms with Crippen molar-refractivity contribution in [1.82, 2.24) is 5.32 Å². The van der Waals surface area contributed by atoms with Gasteiger partial charge >= 0.3 is 0 Å². The molecule has 1 aliphatic heterocycles. The summed E-state index contributed by atoms with van der Waals surface area (Å²) in [5, 5.41) is 3.82. The molecule has 2 nitrogen and oxygen atoms in total. The zero-order chi connectivity index (χ0) is 13.5. The smallest absolute Gasteiger partial charge is 0.0387 e. The first-order valence-corrected chi connectivity index (χ1v) is 8.17. The van der Waals surface area contributed by atoms with Gasteiger partial charge < -0.3 is 10.2 Å². The molecule has 19 heavy (non-hydrogen) atoms. The van der Waals surface area contributed by atoms with Crippen LogP contribution in [0.5, 0.6) is 0 Å². The van der Waals surface area contributed by atoms with Gasteiger partial charge in [-0.3, -0.25) is 0 Å². The fourth-order valence-corrected chi connectivity index (χ4v) is 3.87. The van der Waals surface area contributed by atoms with Gasteiger partial charge in [0.25, 0.3) is 0 Å². The van der Waals surface area contributed by atoms with Crippen LogP contribution >= 0.6 is 15.9 Å². The quantitative estimate of drug-likeness (QED) is 0.844. The van der Waals surface area contributed by atoms with Crippen LogP contribution in [0.15, 0.2) is 22.7 Å². The van der Waals surface area contributed by atoms with Gasteiger partial charge in [0.15, 0.2) is 0 Å². The molecule has 1 aromatic rings. The van der Waals surface area contributed by atoms with Gasteiger partial charge in [0.1, 0.15) is 0 Å². The molecule has 2 fully saturated rings. The molecule has 0 bridgehead atoms. The Morgan fingerprint density at radius 1 is 1.32 bits per heavy atom. The number of nitrogens with one attached hydrogen (secondary N) is 1. The molecule has 1 saturated carbocycles. The predicted molar refractivity (Wildman–Crippen MR) is 84.9 cm³/mol. The van der Waals surface area contributed by atoms with Gasteiger partial charge in [0, 0.05) is 34.8 Å². The molecule has 104 valence electrons. The minimum atomic E-state index is 0.379. The van der Waals surface area contributed by atoms with Crippen molar-refractivity contribution in [2.24, 2.45) is 0 Å². The van der Waals surface area contributed by atoms with Crippen LogP contribution in [-0.4, -0.2) is 24.7 Å². The van der Waals surface area contributed by atoms with E-state index in [9.17, 15) is 0 Å². The lowest BCUT2D eigenvalue weighted by Gasteiger charge is -2.46. The second-order valence-electron chi connectivity index (χ2n) is 6.28. The van der Waals surface area contributed by atoms with Crippen molar-refractivity contribution in [2.75, 3.05) is 18.0 Å². The fourth-order valence-electron chi connectivity index (χ4n) is 3.51. The van der Waals surface area contributed by atoms with E-state index in [0.717, 1.165) is 13.1 Å². The van der Waals surface area contributed by atoms with Crippen molar-refractivity contribution in [1.29, 1.82) is 0 Å². The number of hydrogen-bond donors (Lipinski definition) is 1. The Balaban J connectivity index is 1.86. The van der Waals surface area contributed by atoms with E-state index in [1.165, 1.54) is 41.4 Å². The molecule has 3 heteroatoms. The summed E-state index contributed by atoms with van der Waals surface area (Å²) >= 11 is 3.67. The summed E-state index contributed by atoms with van der Waals surface area (Å²) in [5.74, 6) is 0. The second kappa shape index (κ2) is 5.10. The number of piperazine rings is 1. The highest BCUT2D eigenvalue weighted by molar-refractivity contribution is 9.10. The third-order valence-corrected chi connectivity index (χ3v) is 5.68. The third-order valence-electron chi connectivity index (χ3n) is 4.83. The Hall–Kier alpha value is -0.540. The SMILES string of the molecule is Cc1ccc(N2CC3(CCCC3)NCC2C)cc1Br. The van der Waals surface area contributed by atoms with Crippen molar-refractivity contribution < 1.29 is 0 Å². The molecule has 3 rings (SSSR count). The molecule has 1 atom stereocenters. The van der Waals surface area contributed by atoms with E-state index in [1.54, 1.807) is 0 Å². The number of halogens is 1. The fraction of sp³-hybridized carbons (Fsp3) is 0.625. The number of nitrogens with zero attached hydrogens (tertiary/aromatic N) is 1. The lowest BCUT2D eigenvalue weighted by Crippen LogP contribution is -2.62. The summed E-state index contributed by atoms with van der Waals surface area (Å²) in [6.45, 7) is 6.73. The van der Waals surface area contributed by atoms with Crippen molar-refractivity contribution >= 4 is 21.6 Å². The second-order valence-corrected chi connectivity index (χ2v) is 7.13. The van der Waals surface area contributed by atoms with Crippen LogP contribution in [0, 0.1) is 6.92 Å². The number of rotatable bonds is 1. The normalized spacial score (nSPS) is 26.1. The molecule has 1 unspecified atom stereocenters. The van der Waals surface area contributed by atoms with Crippen molar-refractivity contribution in [3.63, 3.8) is 0 Å². The maximum Gasteiger partial charge on any atom is 0.0387 e. The first-order chi connectivity index (χ1) is 9.10.